The number of thiazole rings is 1. The van der Waals surface area contributed by atoms with Gasteiger partial charge in [0, 0.05) is 10.9 Å². The molecule has 6 nitrogen and oxygen atoms in total. The Kier molecular flexibility index (Phi) is 6.46. The number of para-hydroxylation sites is 1. The van der Waals surface area contributed by atoms with Crippen molar-refractivity contribution >= 4 is 22.4 Å². The highest BCUT2D eigenvalue weighted by Crippen LogP contribution is 2.36. The van der Waals surface area contributed by atoms with E-state index in [0.29, 0.717) is 17.2 Å². The number of hydrogen-bond acceptors (Lipinski definition) is 6. The highest BCUT2D eigenvalue weighted by Gasteiger charge is 2.34. The van der Waals surface area contributed by atoms with E-state index in [0.717, 1.165) is 17.7 Å². The number of rotatable bonds is 7. The number of nitrogens with one attached hydrogen (secondary N) is 1. The van der Waals surface area contributed by atoms with E-state index in [1.54, 1.807) is 23.6 Å². The third kappa shape index (κ3) is 5.01. The molecule has 0 radical (unpaired) electrons. The van der Waals surface area contributed by atoms with E-state index in [2.05, 4.69) is 10.3 Å². The first-order chi connectivity index (χ1) is 14.3. The summed E-state index contributed by atoms with van der Waals surface area (Å²) in [6, 6.07) is 9.98. The van der Waals surface area contributed by atoms with E-state index in [1.165, 1.54) is 37.7 Å². The van der Waals surface area contributed by atoms with E-state index in [4.69, 9.17) is 14.2 Å². The first-order valence-corrected chi connectivity index (χ1v) is 9.46. The first kappa shape index (κ1) is 21.4. The van der Waals surface area contributed by atoms with Crippen molar-refractivity contribution in [2.45, 2.75) is 6.18 Å². The number of anilines is 1. The number of ether oxygens (including phenoxy) is 3. The predicted octanol–water partition coefficient (Wildman–Crippen LogP) is 4.86. The molecule has 3 rings (SSSR count). The molecule has 1 N–H and O–H groups in total. The zero-order valence-electron chi connectivity index (χ0n) is 15.9. The van der Waals surface area contributed by atoms with Crippen LogP contribution in [-0.4, -0.2) is 31.7 Å². The Hall–Kier alpha value is -3.27. The standard InChI is InChI=1S/C20H17F3N2O4S/c1-27-16-8-7-12(9-17(16)28-2)14-11-30-19(24-14)25-18(26)10-29-15-6-4-3-5-13(15)20(21,22)23/h3-9,11H,10H2,1-2H3,(H,24,25,26). The fraction of sp³-hybridized carbons (Fsp3) is 0.200. The van der Waals surface area contributed by atoms with Gasteiger partial charge < -0.3 is 14.2 Å². The van der Waals surface area contributed by atoms with Crippen molar-refractivity contribution in [2.24, 2.45) is 0 Å². The largest absolute Gasteiger partial charge is 0.493 e. The summed E-state index contributed by atoms with van der Waals surface area (Å²) in [6.07, 6.45) is -4.57. The zero-order chi connectivity index (χ0) is 21.7. The zero-order valence-corrected chi connectivity index (χ0v) is 16.8. The summed E-state index contributed by atoms with van der Waals surface area (Å²) in [6.45, 7) is -0.585. The molecule has 0 aliphatic rings. The Morgan fingerprint density at radius 2 is 1.80 bits per heavy atom. The summed E-state index contributed by atoms with van der Waals surface area (Å²) in [5, 5.41) is 4.54. The molecule has 30 heavy (non-hydrogen) atoms. The van der Waals surface area contributed by atoms with Gasteiger partial charge in [-0.05, 0) is 30.3 Å². The van der Waals surface area contributed by atoms with Crippen LogP contribution in [0.15, 0.2) is 47.8 Å². The molecule has 0 spiro atoms. The summed E-state index contributed by atoms with van der Waals surface area (Å²) in [5.41, 5.74) is 0.405. The summed E-state index contributed by atoms with van der Waals surface area (Å²) < 4.78 is 54.5. The number of methoxy groups -OCH3 is 2. The van der Waals surface area contributed by atoms with Crippen molar-refractivity contribution in [2.75, 3.05) is 26.1 Å². The van der Waals surface area contributed by atoms with Crippen LogP contribution in [-0.2, 0) is 11.0 Å². The van der Waals surface area contributed by atoms with Crippen molar-refractivity contribution in [1.29, 1.82) is 0 Å². The lowest BCUT2D eigenvalue weighted by Crippen LogP contribution is -2.21. The maximum atomic E-state index is 13.0. The van der Waals surface area contributed by atoms with Gasteiger partial charge in [0.2, 0.25) is 0 Å². The normalized spacial score (nSPS) is 11.1. The van der Waals surface area contributed by atoms with Crippen LogP contribution in [0.4, 0.5) is 18.3 Å². The van der Waals surface area contributed by atoms with Crippen LogP contribution in [0.3, 0.4) is 0 Å². The number of aromatic nitrogens is 1. The van der Waals surface area contributed by atoms with Crippen LogP contribution in [0.1, 0.15) is 5.56 Å². The fourth-order valence-electron chi connectivity index (χ4n) is 2.58. The minimum atomic E-state index is -4.57. The predicted molar refractivity (Wildman–Crippen MR) is 106 cm³/mol. The van der Waals surface area contributed by atoms with Gasteiger partial charge in [-0.2, -0.15) is 13.2 Å². The van der Waals surface area contributed by atoms with Crippen LogP contribution in [0.2, 0.25) is 0 Å². The molecule has 0 bridgehead atoms. The Bertz CT molecular complexity index is 1040. The molecule has 1 amide bonds. The van der Waals surface area contributed by atoms with Crippen molar-refractivity contribution in [3.05, 3.63) is 53.4 Å². The van der Waals surface area contributed by atoms with Crippen molar-refractivity contribution < 1.29 is 32.2 Å². The molecule has 158 valence electrons. The van der Waals surface area contributed by atoms with E-state index < -0.39 is 30.0 Å². The van der Waals surface area contributed by atoms with Gasteiger partial charge in [0.25, 0.3) is 5.91 Å². The highest BCUT2D eigenvalue weighted by molar-refractivity contribution is 7.14. The maximum Gasteiger partial charge on any atom is 0.419 e. The van der Waals surface area contributed by atoms with Gasteiger partial charge in [0.1, 0.15) is 5.75 Å². The molecule has 2 aromatic carbocycles. The van der Waals surface area contributed by atoms with E-state index in [1.807, 2.05) is 0 Å². The average Bonchev–Trinajstić information content (AvgIpc) is 3.19. The lowest BCUT2D eigenvalue weighted by Gasteiger charge is -2.13. The lowest BCUT2D eigenvalue weighted by atomic mass is 10.1. The van der Waals surface area contributed by atoms with Gasteiger partial charge in [-0.1, -0.05) is 12.1 Å². The summed E-state index contributed by atoms with van der Waals surface area (Å²) in [5.74, 6) is 0.0668. The lowest BCUT2D eigenvalue weighted by molar-refractivity contribution is -0.139. The van der Waals surface area contributed by atoms with Crippen LogP contribution in [0, 0.1) is 0 Å². The Labute approximate surface area is 174 Å². The van der Waals surface area contributed by atoms with E-state index in [-0.39, 0.29) is 5.13 Å². The summed E-state index contributed by atoms with van der Waals surface area (Å²) >= 11 is 1.17. The smallest absolute Gasteiger partial charge is 0.419 e. The maximum absolute atomic E-state index is 13.0. The summed E-state index contributed by atoms with van der Waals surface area (Å²) in [7, 11) is 3.05. The molecule has 0 atom stereocenters. The quantitative estimate of drug-likeness (QED) is 0.570. The highest BCUT2D eigenvalue weighted by atomic mass is 32.1. The van der Waals surface area contributed by atoms with E-state index >= 15 is 0 Å². The fourth-order valence-corrected chi connectivity index (χ4v) is 3.32. The molecule has 0 unspecified atom stereocenters. The van der Waals surface area contributed by atoms with Gasteiger partial charge >= 0.3 is 6.18 Å². The Morgan fingerprint density at radius 1 is 1.07 bits per heavy atom. The van der Waals surface area contributed by atoms with Crippen molar-refractivity contribution in [3.8, 4) is 28.5 Å². The number of carbonyl (C=O) groups excluding carboxylic acids is 1. The molecule has 3 aromatic rings. The van der Waals surface area contributed by atoms with Crippen LogP contribution in [0.5, 0.6) is 17.2 Å². The molecule has 0 saturated heterocycles. The third-order valence-electron chi connectivity index (χ3n) is 3.98. The number of alkyl halides is 3. The van der Waals surface area contributed by atoms with Crippen LogP contribution in [0.25, 0.3) is 11.3 Å². The van der Waals surface area contributed by atoms with Gasteiger partial charge in [-0.15, -0.1) is 11.3 Å². The Morgan fingerprint density at radius 3 is 2.50 bits per heavy atom. The van der Waals surface area contributed by atoms with Crippen molar-refractivity contribution in [3.63, 3.8) is 0 Å². The summed E-state index contributed by atoms with van der Waals surface area (Å²) in [4.78, 5) is 16.4. The van der Waals surface area contributed by atoms with Crippen molar-refractivity contribution in [1.82, 2.24) is 4.98 Å². The molecular formula is C20H17F3N2O4S. The van der Waals surface area contributed by atoms with Gasteiger partial charge in [-0.3, -0.25) is 10.1 Å². The third-order valence-corrected chi connectivity index (χ3v) is 4.74. The molecule has 10 heteroatoms. The number of halogens is 3. The SMILES string of the molecule is COc1ccc(-c2csc(NC(=O)COc3ccccc3C(F)(F)F)n2)cc1OC. The number of amides is 1. The van der Waals surface area contributed by atoms with Crippen LogP contribution >= 0.6 is 11.3 Å². The minimum Gasteiger partial charge on any atom is -0.493 e. The molecule has 1 aromatic heterocycles. The second-order valence-corrected chi connectivity index (χ2v) is 6.80. The average molecular weight is 438 g/mol. The van der Waals surface area contributed by atoms with Gasteiger partial charge in [0.05, 0.1) is 25.5 Å². The van der Waals surface area contributed by atoms with Crippen LogP contribution < -0.4 is 19.5 Å². The first-order valence-electron chi connectivity index (χ1n) is 8.58. The number of carbonyl (C=O) groups is 1. The minimum absolute atomic E-state index is 0.289. The molecular weight excluding hydrogens is 421 g/mol. The second-order valence-electron chi connectivity index (χ2n) is 5.94. The molecule has 0 fully saturated rings. The molecule has 1 heterocycles. The number of hydrogen-bond donors (Lipinski definition) is 1. The number of nitrogens with zero attached hydrogens (tertiary/aromatic N) is 1. The molecule has 0 aliphatic heterocycles. The second kappa shape index (κ2) is 9.04. The van der Waals surface area contributed by atoms with Gasteiger partial charge in [0.15, 0.2) is 23.2 Å². The monoisotopic (exact) mass is 438 g/mol. The van der Waals surface area contributed by atoms with E-state index in [9.17, 15) is 18.0 Å². The molecule has 0 saturated carbocycles. The topological polar surface area (TPSA) is 69.7 Å². The number of benzene rings is 2. The Balaban J connectivity index is 1.65. The van der Waals surface area contributed by atoms with Gasteiger partial charge in [-0.25, -0.2) is 4.98 Å². The molecule has 0 aliphatic carbocycles.